The number of hydrogen-bond acceptors (Lipinski definition) is 5. The van der Waals surface area contributed by atoms with Crippen molar-refractivity contribution in [1.29, 1.82) is 0 Å². The highest BCUT2D eigenvalue weighted by Crippen LogP contribution is 2.16. The maximum atomic E-state index is 12.0. The molecule has 1 heterocycles. The molecule has 1 aliphatic rings. The van der Waals surface area contributed by atoms with Crippen molar-refractivity contribution in [3.05, 3.63) is 35.9 Å². The van der Waals surface area contributed by atoms with Crippen molar-refractivity contribution < 1.29 is 19.1 Å². The van der Waals surface area contributed by atoms with Crippen LogP contribution >= 0.6 is 0 Å². The van der Waals surface area contributed by atoms with Crippen LogP contribution in [-0.2, 0) is 20.9 Å². The summed E-state index contributed by atoms with van der Waals surface area (Å²) in [4.78, 5) is 18.8. The van der Waals surface area contributed by atoms with Crippen LogP contribution in [0.15, 0.2) is 35.5 Å². The number of hydrogen-bond donors (Lipinski definition) is 0. The van der Waals surface area contributed by atoms with Crippen LogP contribution in [0.4, 0.5) is 4.79 Å². The predicted molar refractivity (Wildman–Crippen MR) is 91.9 cm³/mol. The summed E-state index contributed by atoms with van der Waals surface area (Å²) < 4.78 is 11.0. The second-order valence-electron chi connectivity index (χ2n) is 6.72. The van der Waals surface area contributed by atoms with Crippen LogP contribution in [0, 0.1) is 0 Å². The summed E-state index contributed by atoms with van der Waals surface area (Å²) in [6.45, 7) is 7.59. The zero-order valence-electron chi connectivity index (χ0n) is 14.6. The van der Waals surface area contributed by atoms with E-state index in [-0.39, 0.29) is 12.2 Å². The van der Waals surface area contributed by atoms with Gasteiger partial charge >= 0.3 is 6.09 Å². The standard InChI is InChI=1S/C18H26N2O4/c1-18(2,3)24-17(21)20-11-9-16(13-20)22-12-10-19-23-14-15-7-5-4-6-8-15/h4-8,10,16H,9,11-14H2,1-3H3. The van der Waals surface area contributed by atoms with Crippen molar-refractivity contribution in [3.8, 4) is 0 Å². The van der Waals surface area contributed by atoms with Gasteiger partial charge in [-0.05, 0) is 32.8 Å². The molecule has 1 amide bonds. The van der Waals surface area contributed by atoms with E-state index in [4.69, 9.17) is 14.3 Å². The molecule has 132 valence electrons. The van der Waals surface area contributed by atoms with Crippen LogP contribution in [-0.4, -0.2) is 48.6 Å². The van der Waals surface area contributed by atoms with E-state index in [0.29, 0.717) is 26.3 Å². The molecule has 1 saturated heterocycles. The summed E-state index contributed by atoms with van der Waals surface area (Å²) in [6, 6.07) is 9.85. The largest absolute Gasteiger partial charge is 0.444 e. The maximum absolute atomic E-state index is 12.0. The molecule has 1 fully saturated rings. The molecule has 2 rings (SSSR count). The number of carbonyl (C=O) groups is 1. The minimum absolute atomic E-state index is 0.0121. The lowest BCUT2D eigenvalue weighted by Gasteiger charge is -2.24. The van der Waals surface area contributed by atoms with E-state index in [1.807, 2.05) is 51.1 Å². The van der Waals surface area contributed by atoms with Gasteiger partial charge in [0, 0.05) is 6.54 Å². The van der Waals surface area contributed by atoms with Gasteiger partial charge in [-0.25, -0.2) is 4.79 Å². The fourth-order valence-corrected chi connectivity index (χ4v) is 2.30. The van der Waals surface area contributed by atoms with Crippen LogP contribution < -0.4 is 0 Å². The van der Waals surface area contributed by atoms with Crippen molar-refractivity contribution in [3.63, 3.8) is 0 Å². The van der Waals surface area contributed by atoms with Crippen LogP contribution in [0.25, 0.3) is 0 Å². The zero-order valence-corrected chi connectivity index (χ0v) is 14.6. The van der Waals surface area contributed by atoms with Gasteiger partial charge in [-0.15, -0.1) is 0 Å². The lowest BCUT2D eigenvalue weighted by molar-refractivity contribution is 0.0240. The van der Waals surface area contributed by atoms with E-state index < -0.39 is 5.60 Å². The molecule has 1 aliphatic heterocycles. The normalized spacial score (nSPS) is 18.1. The maximum Gasteiger partial charge on any atom is 0.410 e. The molecule has 6 heteroatoms. The van der Waals surface area contributed by atoms with Crippen molar-refractivity contribution in [2.75, 3.05) is 19.7 Å². The third-order valence-electron chi connectivity index (χ3n) is 3.43. The van der Waals surface area contributed by atoms with Gasteiger partial charge < -0.3 is 19.2 Å². The fraction of sp³-hybridized carbons (Fsp3) is 0.556. The van der Waals surface area contributed by atoms with E-state index in [9.17, 15) is 4.79 Å². The van der Waals surface area contributed by atoms with Crippen LogP contribution in [0.2, 0.25) is 0 Å². The Labute approximate surface area is 143 Å². The molecular formula is C18H26N2O4. The molecule has 1 unspecified atom stereocenters. The SMILES string of the molecule is CC(C)(C)OC(=O)N1CCC(OCC=NOCc2ccccc2)C1. The molecular weight excluding hydrogens is 308 g/mol. The Bertz CT molecular complexity index is 540. The summed E-state index contributed by atoms with van der Waals surface area (Å²) in [5.41, 5.74) is 0.595. The highest BCUT2D eigenvalue weighted by molar-refractivity contribution is 5.68. The minimum Gasteiger partial charge on any atom is -0.444 e. The lowest BCUT2D eigenvalue weighted by Crippen LogP contribution is -2.36. The Morgan fingerprint density at radius 2 is 2.08 bits per heavy atom. The van der Waals surface area contributed by atoms with Gasteiger partial charge in [-0.2, -0.15) is 0 Å². The second kappa shape index (κ2) is 8.68. The highest BCUT2D eigenvalue weighted by Gasteiger charge is 2.29. The van der Waals surface area contributed by atoms with E-state index in [1.165, 1.54) is 0 Å². The number of nitrogens with zero attached hydrogens (tertiary/aromatic N) is 2. The summed E-state index contributed by atoms with van der Waals surface area (Å²) >= 11 is 0. The van der Waals surface area contributed by atoms with Gasteiger partial charge in [0.05, 0.1) is 25.5 Å². The zero-order chi connectivity index (χ0) is 17.4. The van der Waals surface area contributed by atoms with Crippen LogP contribution in [0.5, 0.6) is 0 Å². The van der Waals surface area contributed by atoms with E-state index in [0.717, 1.165) is 12.0 Å². The molecule has 0 N–H and O–H groups in total. The van der Waals surface area contributed by atoms with Gasteiger partial charge in [-0.1, -0.05) is 35.5 Å². The average molecular weight is 334 g/mol. The molecule has 0 radical (unpaired) electrons. The summed E-state index contributed by atoms with van der Waals surface area (Å²) in [5, 5.41) is 3.87. The van der Waals surface area contributed by atoms with Gasteiger partial charge in [0.15, 0.2) is 0 Å². The Balaban J connectivity index is 1.60. The monoisotopic (exact) mass is 334 g/mol. The predicted octanol–water partition coefficient (Wildman–Crippen LogP) is 3.22. The number of benzene rings is 1. The number of amides is 1. The quantitative estimate of drug-likeness (QED) is 0.592. The topological polar surface area (TPSA) is 60.4 Å². The van der Waals surface area contributed by atoms with E-state index in [2.05, 4.69) is 5.16 Å². The number of carbonyl (C=O) groups excluding carboxylic acids is 1. The Hall–Kier alpha value is -2.08. The molecule has 1 aromatic rings. The van der Waals surface area contributed by atoms with E-state index in [1.54, 1.807) is 11.1 Å². The Morgan fingerprint density at radius 1 is 1.33 bits per heavy atom. The summed E-state index contributed by atoms with van der Waals surface area (Å²) in [5.74, 6) is 0. The third-order valence-corrected chi connectivity index (χ3v) is 3.43. The number of rotatable bonds is 6. The van der Waals surface area contributed by atoms with E-state index >= 15 is 0 Å². The fourth-order valence-electron chi connectivity index (χ4n) is 2.30. The highest BCUT2D eigenvalue weighted by atomic mass is 16.6. The van der Waals surface area contributed by atoms with Crippen molar-refractivity contribution in [1.82, 2.24) is 4.90 Å². The summed E-state index contributed by atoms with van der Waals surface area (Å²) in [6.07, 6.45) is 2.13. The first-order valence-electron chi connectivity index (χ1n) is 8.21. The van der Waals surface area contributed by atoms with Gasteiger partial charge in [0.2, 0.25) is 0 Å². The van der Waals surface area contributed by atoms with Crippen molar-refractivity contribution in [2.24, 2.45) is 5.16 Å². The lowest BCUT2D eigenvalue weighted by atomic mass is 10.2. The van der Waals surface area contributed by atoms with Gasteiger partial charge in [-0.3, -0.25) is 0 Å². The molecule has 1 aromatic carbocycles. The Kier molecular flexibility index (Phi) is 6.61. The molecule has 0 bridgehead atoms. The molecule has 6 nitrogen and oxygen atoms in total. The van der Waals surface area contributed by atoms with Crippen LogP contribution in [0.1, 0.15) is 32.8 Å². The third kappa shape index (κ3) is 6.58. The molecule has 1 atom stereocenters. The Morgan fingerprint density at radius 3 is 2.79 bits per heavy atom. The molecule has 0 spiro atoms. The molecule has 0 saturated carbocycles. The summed E-state index contributed by atoms with van der Waals surface area (Å²) in [7, 11) is 0. The number of oxime groups is 1. The van der Waals surface area contributed by atoms with Crippen LogP contribution in [0.3, 0.4) is 0 Å². The molecule has 24 heavy (non-hydrogen) atoms. The first-order valence-corrected chi connectivity index (χ1v) is 8.21. The first-order chi connectivity index (χ1) is 11.4. The van der Waals surface area contributed by atoms with Gasteiger partial charge in [0.25, 0.3) is 0 Å². The van der Waals surface area contributed by atoms with Crippen molar-refractivity contribution in [2.45, 2.75) is 45.5 Å². The number of ether oxygens (including phenoxy) is 2. The number of likely N-dealkylation sites (tertiary alicyclic amines) is 1. The molecule has 0 aliphatic carbocycles. The second-order valence-corrected chi connectivity index (χ2v) is 6.72. The van der Waals surface area contributed by atoms with Gasteiger partial charge in [0.1, 0.15) is 12.2 Å². The smallest absolute Gasteiger partial charge is 0.410 e. The minimum atomic E-state index is -0.473. The molecule has 0 aromatic heterocycles. The van der Waals surface area contributed by atoms with Crippen molar-refractivity contribution >= 4 is 12.3 Å². The average Bonchev–Trinajstić information content (AvgIpc) is 2.99. The first kappa shape index (κ1) is 18.3.